The summed E-state index contributed by atoms with van der Waals surface area (Å²) in [4.78, 5) is 0. The molecule has 0 spiro atoms. The van der Waals surface area contributed by atoms with Crippen LogP contribution in [0.25, 0.3) is 0 Å². The molecule has 4 aromatic carbocycles. The van der Waals surface area contributed by atoms with Crippen LogP contribution in [0.5, 0.6) is 0 Å². The normalized spacial score (nSPS) is 11.6. The van der Waals surface area contributed by atoms with Gasteiger partial charge >= 0.3 is 0 Å². The van der Waals surface area contributed by atoms with Crippen LogP contribution in [0.1, 0.15) is 0 Å². The first-order valence-corrected chi connectivity index (χ1v) is 15.4. The Balaban J connectivity index is 2.23. The molecule has 0 amide bonds. The highest BCUT2D eigenvalue weighted by Gasteiger charge is 2.56. The second-order valence-electron chi connectivity index (χ2n) is 7.49. The molecule has 0 radical (unpaired) electrons. The Bertz CT molecular complexity index is 1000. The average molecular weight is 419 g/mol. The summed E-state index contributed by atoms with van der Waals surface area (Å²) in [6.07, 6.45) is 0. The van der Waals surface area contributed by atoms with Crippen molar-refractivity contribution in [1.29, 1.82) is 0 Å². The summed E-state index contributed by atoms with van der Waals surface area (Å²) in [6.45, 7) is 8.90. The van der Waals surface area contributed by atoms with Gasteiger partial charge in [-0.15, -0.1) is 13.2 Å². The maximum absolute atomic E-state index is 4.45. The van der Waals surface area contributed by atoms with Crippen LogP contribution < -0.4 is 20.7 Å². The molecule has 0 aromatic heterocycles. The second-order valence-corrected chi connectivity index (χ2v) is 18.6. The number of hydrogen-bond donors (Lipinski definition) is 0. The molecule has 30 heavy (non-hydrogen) atoms. The molecular weight excluding hydrogens is 392 g/mol. The van der Waals surface area contributed by atoms with Gasteiger partial charge in [-0.2, -0.15) is 0 Å². The van der Waals surface area contributed by atoms with Gasteiger partial charge in [-0.25, -0.2) is 0 Å². The van der Waals surface area contributed by atoms with Crippen molar-refractivity contribution in [3.63, 3.8) is 0 Å². The van der Waals surface area contributed by atoms with Crippen LogP contribution in [0.2, 0.25) is 0 Å². The molecule has 0 aliphatic carbocycles. The Kier molecular flexibility index (Phi) is 5.80. The summed E-state index contributed by atoms with van der Waals surface area (Å²) in [5.74, 6) is 0. The lowest BCUT2D eigenvalue weighted by atomic mass is 10.3. The minimum absolute atomic E-state index is 1.36. The Morgan fingerprint density at radius 3 is 0.933 bits per heavy atom. The smallest absolute Gasteiger partial charge is 0.106 e. The highest BCUT2D eigenvalue weighted by Crippen LogP contribution is 2.23. The fraction of sp³-hybridized carbons (Fsp3) is 0. The monoisotopic (exact) mass is 418 g/mol. The van der Waals surface area contributed by atoms with Crippen LogP contribution in [-0.2, 0) is 0 Å². The molecule has 0 bridgehead atoms. The Hall–Kier alpha value is -3.21. The van der Waals surface area contributed by atoms with Gasteiger partial charge in [-0.3, -0.25) is 0 Å². The van der Waals surface area contributed by atoms with E-state index in [0.29, 0.717) is 0 Å². The zero-order valence-corrected chi connectivity index (χ0v) is 19.1. The largest absolute Gasteiger partial charge is 0.153 e. The number of hydrogen-bond acceptors (Lipinski definition) is 0. The first-order chi connectivity index (χ1) is 14.8. The second kappa shape index (κ2) is 8.66. The Morgan fingerprint density at radius 2 is 0.667 bits per heavy atom. The lowest BCUT2D eigenvalue weighted by molar-refractivity contribution is 1.69. The van der Waals surface area contributed by atoms with Crippen molar-refractivity contribution in [3.05, 3.63) is 146 Å². The summed E-state index contributed by atoms with van der Waals surface area (Å²) < 4.78 is 0. The Labute approximate surface area is 181 Å². The fourth-order valence-corrected chi connectivity index (χ4v) is 21.2. The van der Waals surface area contributed by atoms with Crippen molar-refractivity contribution in [3.8, 4) is 0 Å². The minimum atomic E-state index is -2.54. The van der Waals surface area contributed by atoms with E-state index >= 15 is 0 Å². The first kappa shape index (κ1) is 20.1. The highest BCUT2D eigenvalue weighted by molar-refractivity contribution is 7.63. The van der Waals surface area contributed by atoms with Crippen LogP contribution >= 0.6 is 0 Å². The highest BCUT2D eigenvalue weighted by atomic mass is 29.3. The van der Waals surface area contributed by atoms with E-state index in [4.69, 9.17) is 0 Å². The fourth-order valence-electron chi connectivity index (χ4n) is 4.84. The lowest BCUT2D eigenvalue weighted by Gasteiger charge is -2.46. The van der Waals surface area contributed by atoms with Gasteiger partial charge in [0.1, 0.15) is 7.59 Å². The van der Waals surface area contributed by atoms with E-state index in [1.54, 1.807) is 0 Å². The maximum Gasteiger partial charge on any atom is 0.153 e. The van der Waals surface area contributed by atoms with Crippen molar-refractivity contribution in [1.82, 2.24) is 0 Å². The molecule has 0 saturated heterocycles. The van der Waals surface area contributed by atoms with Crippen molar-refractivity contribution in [2.24, 2.45) is 0 Å². The van der Waals surface area contributed by atoms with Crippen molar-refractivity contribution < 1.29 is 0 Å². The molecule has 0 fully saturated rings. The van der Waals surface area contributed by atoms with Gasteiger partial charge in [-0.05, 0) is 0 Å². The van der Waals surface area contributed by atoms with Crippen molar-refractivity contribution >= 4 is 35.9 Å². The molecular formula is C28H26Si2. The van der Waals surface area contributed by atoms with E-state index in [2.05, 4.69) is 146 Å². The third-order valence-electron chi connectivity index (χ3n) is 6.14. The van der Waals surface area contributed by atoms with Gasteiger partial charge in [-0.1, -0.05) is 153 Å². The van der Waals surface area contributed by atoms with E-state index in [9.17, 15) is 0 Å². The summed E-state index contributed by atoms with van der Waals surface area (Å²) in [5.41, 5.74) is 4.52. The third-order valence-corrected chi connectivity index (χ3v) is 22.0. The van der Waals surface area contributed by atoms with E-state index in [0.717, 1.165) is 0 Å². The standard InChI is InChI=1S/C28H26Si2/c1-3-29(4-2,25-17-9-5-10-18-25)30(26-19-11-6-12-20-26,27-21-13-7-14-22-27)28-23-15-8-16-24-28/h3-24H,1-2H2. The Morgan fingerprint density at radius 1 is 0.400 bits per heavy atom. The van der Waals surface area contributed by atoms with E-state index in [1.165, 1.54) is 20.7 Å². The van der Waals surface area contributed by atoms with Gasteiger partial charge in [0.2, 0.25) is 0 Å². The van der Waals surface area contributed by atoms with E-state index < -0.39 is 15.2 Å². The van der Waals surface area contributed by atoms with Gasteiger partial charge < -0.3 is 0 Å². The molecule has 0 atom stereocenters. The lowest BCUT2D eigenvalue weighted by Crippen LogP contribution is -2.85. The molecule has 0 aliphatic rings. The molecule has 0 nitrogen and oxygen atoms in total. The predicted molar refractivity (Wildman–Crippen MR) is 136 cm³/mol. The zero-order chi connectivity index (χ0) is 20.9. The maximum atomic E-state index is 4.45. The molecule has 2 heteroatoms. The number of benzene rings is 4. The van der Waals surface area contributed by atoms with Crippen LogP contribution in [0.3, 0.4) is 0 Å². The van der Waals surface area contributed by atoms with Crippen molar-refractivity contribution in [2.45, 2.75) is 0 Å². The zero-order valence-electron chi connectivity index (χ0n) is 17.1. The van der Waals surface area contributed by atoms with Crippen LogP contribution in [-0.4, -0.2) is 15.2 Å². The molecule has 0 N–H and O–H groups in total. The summed E-state index contributed by atoms with van der Waals surface area (Å²) in [7, 11) is -5.00. The topological polar surface area (TPSA) is 0 Å². The van der Waals surface area contributed by atoms with Crippen LogP contribution in [0, 0.1) is 0 Å². The molecule has 0 saturated carbocycles. The predicted octanol–water partition coefficient (Wildman–Crippen LogP) is 4.04. The first-order valence-electron chi connectivity index (χ1n) is 10.3. The summed E-state index contributed by atoms with van der Waals surface area (Å²) in [5, 5.41) is 5.56. The average Bonchev–Trinajstić information content (AvgIpc) is 2.85. The van der Waals surface area contributed by atoms with Crippen molar-refractivity contribution in [2.75, 3.05) is 0 Å². The van der Waals surface area contributed by atoms with Gasteiger partial charge in [0.25, 0.3) is 0 Å². The van der Waals surface area contributed by atoms with Gasteiger partial charge in [0, 0.05) is 0 Å². The van der Waals surface area contributed by atoms with E-state index in [1.807, 2.05) is 0 Å². The third kappa shape index (κ3) is 3.05. The minimum Gasteiger partial charge on any atom is -0.106 e. The van der Waals surface area contributed by atoms with Gasteiger partial charge in [0.15, 0.2) is 7.59 Å². The summed E-state index contributed by atoms with van der Waals surface area (Å²) >= 11 is 0. The number of rotatable bonds is 7. The molecule has 4 rings (SSSR count). The summed E-state index contributed by atoms with van der Waals surface area (Å²) in [6, 6.07) is 44.1. The quantitative estimate of drug-likeness (QED) is 0.314. The van der Waals surface area contributed by atoms with Crippen LogP contribution in [0.4, 0.5) is 0 Å². The molecule has 146 valence electrons. The SMILES string of the molecule is C=C[Si](C=C)(c1ccccc1)[Si](c1ccccc1)(c1ccccc1)c1ccccc1. The molecule has 0 unspecified atom stereocenters. The molecule has 4 aromatic rings. The molecule has 0 heterocycles. The van der Waals surface area contributed by atoms with E-state index in [-0.39, 0.29) is 0 Å². The van der Waals surface area contributed by atoms with Crippen LogP contribution in [0.15, 0.2) is 146 Å². The van der Waals surface area contributed by atoms with Gasteiger partial charge in [0.05, 0.1) is 0 Å². The molecule has 0 aliphatic heterocycles.